The third-order valence-electron chi connectivity index (χ3n) is 4.66. The lowest BCUT2D eigenvalue weighted by molar-refractivity contribution is -0.0145. The van der Waals surface area contributed by atoms with Crippen LogP contribution < -0.4 is 0 Å². The summed E-state index contributed by atoms with van der Waals surface area (Å²) >= 11 is 0. The molecule has 0 saturated heterocycles. The van der Waals surface area contributed by atoms with Gasteiger partial charge in [-0.2, -0.15) is 5.26 Å². The van der Waals surface area contributed by atoms with E-state index < -0.39 is 5.60 Å². The molecule has 4 nitrogen and oxygen atoms in total. The van der Waals surface area contributed by atoms with Gasteiger partial charge in [-0.1, -0.05) is 36.4 Å². The first-order valence-electron chi connectivity index (χ1n) is 8.00. The van der Waals surface area contributed by atoms with Crippen molar-refractivity contribution in [1.29, 1.82) is 5.26 Å². The van der Waals surface area contributed by atoms with Gasteiger partial charge in [0.15, 0.2) is 0 Å². The van der Waals surface area contributed by atoms with Crippen LogP contribution in [0.25, 0.3) is 0 Å². The Balaban J connectivity index is 1.78. The molecule has 0 aliphatic carbocycles. The minimum atomic E-state index is -0.477. The lowest BCUT2D eigenvalue weighted by Gasteiger charge is -2.30. The van der Waals surface area contributed by atoms with E-state index in [1.807, 2.05) is 48.9 Å². The van der Waals surface area contributed by atoms with Crippen LogP contribution in [0.5, 0.6) is 0 Å². The largest absolute Gasteiger partial charge is 0.361 e. The minimum absolute atomic E-state index is 0.477. The van der Waals surface area contributed by atoms with Crippen molar-refractivity contribution in [2.24, 2.45) is 0 Å². The number of benzene rings is 2. The highest BCUT2D eigenvalue weighted by Crippen LogP contribution is 2.45. The summed E-state index contributed by atoms with van der Waals surface area (Å²) in [4.78, 5) is 4.12. The molecule has 1 atom stereocenters. The molecular formula is C20H17N3O. The number of aryl methyl sites for hydroxylation is 1. The molecule has 0 bridgehead atoms. The van der Waals surface area contributed by atoms with Gasteiger partial charge in [-0.05, 0) is 28.8 Å². The van der Waals surface area contributed by atoms with Crippen molar-refractivity contribution in [3.63, 3.8) is 0 Å². The van der Waals surface area contributed by atoms with Crippen molar-refractivity contribution < 1.29 is 4.74 Å². The summed E-state index contributed by atoms with van der Waals surface area (Å²) < 4.78 is 8.42. The Morgan fingerprint density at radius 2 is 2.08 bits per heavy atom. The molecule has 0 N–H and O–H groups in total. The highest BCUT2D eigenvalue weighted by molar-refractivity contribution is 5.47. The molecule has 1 aliphatic heterocycles. The van der Waals surface area contributed by atoms with Crippen LogP contribution in [0.15, 0.2) is 67.3 Å². The fraction of sp³-hybridized carbons (Fsp3) is 0.200. The zero-order chi connectivity index (χ0) is 16.4. The van der Waals surface area contributed by atoms with Crippen LogP contribution in [0, 0.1) is 11.3 Å². The molecule has 0 spiro atoms. The van der Waals surface area contributed by atoms with Gasteiger partial charge in [0.25, 0.3) is 0 Å². The molecule has 2 aromatic carbocycles. The van der Waals surface area contributed by atoms with Crippen LogP contribution in [0.4, 0.5) is 0 Å². The van der Waals surface area contributed by atoms with Crippen molar-refractivity contribution in [1.82, 2.24) is 9.55 Å². The van der Waals surface area contributed by atoms with Crippen LogP contribution in [0.2, 0.25) is 0 Å². The maximum absolute atomic E-state index is 9.14. The molecule has 0 saturated carbocycles. The molecule has 1 aromatic heterocycles. The molecular weight excluding hydrogens is 298 g/mol. The van der Waals surface area contributed by atoms with Crippen molar-refractivity contribution >= 4 is 0 Å². The molecule has 1 unspecified atom stereocenters. The van der Waals surface area contributed by atoms with E-state index in [1.54, 1.807) is 6.20 Å². The minimum Gasteiger partial charge on any atom is -0.361 e. The van der Waals surface area contributed by atoms with Gasteiger partial charge in [0.2, 0.25) is 0 Å². The zero-order valence-corrected chi connectivity index (χ0v) is 13.2. The van der Waals surface area contributed by atoms with Crippen molar-refractivity contribution in [3.05, 3.63) is 89.5 Å². The Morgan fingerprint density at radius 3 is 2.83 bits per heavy atom. The number of aromatic nitrogens is 2. The van der Waals surface area contributed by atoms with E-state index in [-0.39, 0.29) is 0 Å². The van der Waals surface area contributed by atoms with Gasteiger partial charge in [0.05, 0.1) is 24.6 Å². The van der Waals surface area contributed by atoms with E-state index >= 15 is 0 Å². The Hall–Kier alpha value is -2.90. The SMILES string of the molecule is N#Cc1ccc2c(c1)COC2(CCn1ccnc1)c1ccccc1. The molecule has 0 radical (unpaired) electrons. The Bertz CT molecular complexity index is 881. The van der Waals surface area contributed by atoms with Crippen LogP contribution in [-0.2, 0) is 23.5 Å². The Labute approximate surface area is 141 Å². The average molecular weight is 315 g/mol. The van der Waals surface area contributed by atoms with Crippen molar-refractivity contribution in [2.75, 3.05) is 0 Å². The number of rotatable bonds is 4. The summed E-state index contributed by atoms with van der Waals surface area (Å²) in [6.07, 6.45) is 6.39. The molecule has 24 heavy (non-hydrogen) atoms. The van der Waals surface area contributed by atoms with Gasteiger partial charge in [0, 0.05) is 25.4 Å². The van der Waals surface area contributed by atoms with E-state index in [2.05, 4.69) is 27.8 Å². The van der Waals surface area contributed by atoms with E-state index in [0.717, 1.165) is 29.7 Å². The second kappa shape index (κ2) is 5.95. The molecule has 4 heteroatoms. The predicted octanol–water partition coefficient (Wildman–Crippen LogP) is 3.62. The summed E-state index contributed by atoms with van der Waals surface area (Å²) in [6.45, 7) is 1.35. The highest BCUT2D eigenvalue weighted by atomic mass is 16.5. The van der Waals surface area contributed by atoms with Crippen molar-refractivity contribution in [2.45, 2.75) is 25.2 Å². The third-order valence-corrected chi connectivity index (χ3v) is 4.66. The molecule has 0 amide bonds. The molecule has 118 valence electrons. The number of ether oxygens (including phenoxy) is 1. The van der Waals surface area contributed by atoms with Gasteiger partial charge in [-0.3, -0.25) is 0 Å². The standard InChI is InChI=1S/C20H17N3O/c21-13-16-6-7-19-17(12-16)14-24-20(19,18-4-2-1-3-5-18)8-10-23-11-9-22-15-23/h1-7,9,11-12,15H,8,10,14H2. The van der Waals surface area contributed by atoms with E-state index in [0.29, 0.717) is 12.2 Å². The summed E-state index contributed by atoms with van der Waals surface area (Å²) in [7, 11) is 0. The predicted molar refractivity (Wildman–Crippen MR) is 90.0 cm³/mol. The lowest BCUT2D eigenvalue weighted by atomic mass is 9.82. The Morgan fingerprint density at radius 1 is 1.21 bits per heavy atom. The molecule has 1 aliphatic rings. The van der Waals surface area contributed by atoms with Crippen LogP contribution in [-0.4, -0.2) is 9.55 Å². The monoisotopic (exact) mass is 315 g/mol. The fourth-order valence-electron chi connectivity index (χ4n) is 3.46. The smallest absolute Gasteiger partial charge is 0.121 e. The van der Waals surface area contributed by atoms with Crippen LogP contribution in [0.3, 0.4) is 0 Å². The molecule has 2 heterocycles. The van der Waals surface area contributed by atoms with E-state index in [4.69, 9.17) is 10.00 Å². The van der Waals surface area contributed by atoms with Crippen LogP contribution >= 0.6 is 0 Å². The second-order valence-electron chi connectivity index (χ2n) is 6.02. The Kier molecular flexibility index (Phi) is 3.64. The maximum Gasteiger partial charge on any atom is 0.121 e. The molecule has 3 aromatic rings. The number of imidazole rings is 1. The van der Waals surface area contributed by atoms with Gasteiger partial charge < -0.3 is 9.30 Å². The second-order valence-corrected chi connectivity index (χ2v) is 6.02. The molecule has 4 rings (SSSR count). The van der Waals surface area contributed by atoms with E-state index in [1.165, 1.54) is 0 Å². The zero-order valence-electron chi connectivity index (χ0n) is 13.2. The third kappa shape index (κ3) is 2.40. The van der Waals surface area contributed by atoms with Crippen molar-refractivity contribution in [3.8, 4) is 6.07 Å². The number of hydrogen-bond acceptors (Lipinski definition) is 3. The summed E-state index contributed by atoms with van der Waals surface area (Å²) in [5.41, 5.74) is 3.61. The first-order chi connectivity index (χ1) is 11.8. The number of nitriles is 1. The van der Waals surface area contributed by atoms with Gasteiger partial charge >= 0.3 is 0 Å². The van der Waals surface area contributed by atoms with Gasteiger partial charge in [0.1, 0.15) is 5.60 Å². The van der Waals surface area contributed by atoms with Crippen LogP contribution in [0.1, 0.15) is 28.7 Å². The van der Waals surface area contributed by atoms with Gasteiger partial charge in [-0.25, -0.2) is 4.98 Å². The van der Waals surface area contributed by atoms with Gasteiger partial charge in [-0.15, -0.1) is 0 Å². The first kappa shape index (κ1) is 14.7. The quantitative estimate of drug-likeness (QED) is 0.739. The van der Waals surface area contributed by atoms with E-state index in [9.17, 15) is 0 Å². The first-order valence-corrected chi connectivity index (χ1v) is 8.00. The lowest BCUT2D eigenvalue weighted by Crippen LogP contribution is -2.28. The number of hydrogen-bond donors (Lipinski definition) is 0. The average Bonchev–Trinajstić information content (AvgIpc) is 3.29. The fourth-order valence-corrected chi connectivity index (χ4v) is 3.46. The number of fused-ring (bicyclic) bond motifs is 1. The normalized spacial score (nSPS) is 19.0. The molecule has 0 fully saturated rings. The summed E-state index contributed by atoms with van der Waals surface area (Å²) in [6, 6.07) is 18.4. The number of nitrogens with zero attached hydrogens (tertiary/aromatic N) is 3. The maximum atomic E-state index is 9.14. The highest BCUT2D eigenvalue weighted by Gasteiger charge is 2.41. The summed E-state index contributed by atoms with van der Waals surface area (Å²) in [5.74, 6) is 0. The topological polar surface area (TPSA) is 50.8 Å². The summed E-state index contributed by atoms with van der Waals surface area (Å²) in [5, 5.41) is 9.14.